The molecular formula is C14H18BrN3O. The molecule has 2 aromatic rings. The average Bonchev–Trinajstić information content (AvgIpc) is 2.67. The number of benzene rings is 1. The van der Waals surface area contributed by atoms with E-state index < -0.39 is 0 Å². The molecule has 0 aliphatic rings. The topological polar surface area (TPSA) is 39.1 Å². The van der Waals surface area contributed by atoms with E-state index in [1.807, 2.05) is 39.2 Å². The number of nitrogens with one attached hydrogen (secondary N) is 1. The number of hydrogen-bond donors (Lipinski definition) is 1. The van der Waals surface area contributed by atoms with Gasteiger partial charge in [-0.1, -0.05) is 15.9 Å². The normalized spacial score (nSPS) is 10.8. The molecule has 0 amide bonds. The van der Waals surface area contributed by atoms with Crippen LogP contribution in [0.4, 0.5) is 0 Å². The van der Waals surface area contributed by atoms with Crippen molar-refractivity contribution in [3.63, 3.8) is 0 Å². The van der Waals surface area contributed by atoms with Gasteiger partial charge >= 0.3 is 0 Å². The van der Waals surface area contributed by atoms with Gasteiger partial charge in [0.05, 0.1) is 18.5 Å². The van der Waals surface area contributed by atoms with Gasteiger partial charge in [-0.25, -0.2) is 4.98 Å². The first kappa shape index (κ1) is 14.1. The lowest BCUT2D eigenvalue weighted by molar-refractivity contribution is 0.416. The van der Waals surface area contributed by atoms with Crippen molar-refractivity contribution in [1.29, 1.82) is 0 Å². The summed E-state index contributed by atoms with van der Waals surface area (Å²) in [6.07, 6.45) is 0. The van der Waals surface area contributed by atoms with Gasteiger partial charge in [0.25, 0.3) is 0 Å². The molecule has 0 spiro atoms. The van der Waals surface area contributed by atoms with Crippen molar-refractivity contribution in [2.45, 2.75) is 13.5 Å². The van der Waals surface area contributed by atoms with Crippen molar-refractivity contribution in [1.82, 2.24) is 14.9 Å². The molecule has 19 heavy (non-hydrogen) atoms. The zero-order valence-corrected chi connectivity index (χ0v) is 13.2. The molecule has 0 radical (unpaired) electrons. The fraction of sp³-hybridized carbons (Fsp3) is 0.357. The van der Waals surface area contributed by atoms with Crippen LogP contribution in [0, 0.1) is 6.92 Å². The van der Waals surface area contributed by atoms with Gasteiger partial charge < -0.3 is 14.6 Å². The standard InChI is InChI=1S/C14H18BrN3O/c1-9-17-14(12(8-16-2)18(9)3)11-7-10(15)5-6-13(11)19-4/h5-7,16H,8H2,1-4H3. The van der Waals surface area contributed by atoms with Gasteiger partial charge in [-0.3, -0.25) is 0 Å². The molecule has 0 atom stereocenters. The summed E-state index contributed by atoms with van der Waals surface area (Å²) < 4.78 is 8.57. The second-order valence-electron chi connectivity index (χ2n) is 4.39. The van der Waals surface area contributed by atoms with E-state index in [-0.39, 0.29) is 0 Å². The van der Waals surface area contributed by atoms with Gasteiger partial charge in [0.15, 0.2) is 0 Å². The molecule has 5 heteroatoms. The molecule has 0 unspecified atom stereocenters. The molecule has 102 valence electrons. The lowest BCUT2D eigenvalue weighted by Crippen LogP contribution is -2.10. The van der Waals surface area contributed by atoms with Crippen LogP contribution < -0.4 is 10.1 Å². The molecule has 1 heterocycles. The number of methoxy groups -OCH3 is 1. The van der Waals surface area contributed by atoms with Gasteiger partial charge in [-0.2, -0.15) is 0 Å². The van der Waals surface area contributed by atoms with Crippen LogP contribution in [-0.2, 0) is 13.6 Å². The van der Waals surface area contributed by atoms with Gasteiger partial charge in [0.1, 0.15) is 11.6 Å². The van der Waals surface area contributed by atoms with E-state index >= 15 is 0 Å². The maximum absolute atomic E-state index is 5.45. The number of nitrogens with zero attached hydrogens (tertiary/aromatic N) is 2. The van der Waals surface area contributed by atoms with Gasteiger partial charge in [-0.05, 0) is 32.2 Å². The quantitative estimate of drug-likeness (QED) is 0.940. The second-order valence-corrected chi connectivity index (χ2v) is 5.30. The third-order valence-corrected chi connectivity index (χ3v) is 3.69. The fourth-order valence-corrected chi connectivity index (χ4v) is 2.47. The first-order valence-electron chi connectivity index (χ1n) is 6.09. The van der Waals surface area contributed by atoms with Crippen molar-refractivity contribution < 1.29 is 4.74 Å². The Morgan fingerprint density at radius 2 is 2.16 bits per heavy atom. The van der Waals surface area contributed by atoms with E-state index in [2.05, 4.69) is 30.8 Å². The van der Waals surface area contributed by atoms with Crippen molar-refractivity contribution in [2.75, 3.05) is 14.2 Å². The smallest absolute Gasteiger partial charge is 0.128 e. The van der Waals surface area contributed by atoms with Crippen LogP contribution in [0.2, 0.25) is 0 Å². The molecule has 0 fully saturated rings. The van der Waals surface area contributed by atoms with E-state index in [9.17, 15) is 0 Å². The predicted octanol–water partition coefficient (Wildman–Crippen LogP) is 2.89. The zero-order chi connectivity index (χ0) is 14.0. The molecule has 0 saturated carbocycles. The molecule has 1 aromatic carbocycles. The Hall–Kier alpha value is -1.33. The summed E-state index contributed by atoms with van der Waals surface area (Å²) in [6, 6.07) is 5.96. The number of aryl methyl sites for hydroxylation is 1. The molecular weight excluding hydrogens is 306 g/mol. The Morgan fingerprint density at radius 1 is 1.42 bits per heavy atom. The summed E-state index contributed by atoms with van der Waals surface area (Å²) >= 11 is 3.51. The Kier molecular flexibility index (Phi) is 4.27. The number of ether oxygens (including phenoxy) is 1. The third-order valence-electron chi connectivity index (χ3n) is 3.20. The Bertz CT molecular complexity index is 593. The second kappa shape index (κ2) is 5.75. The summed E-state index contributed by atoms with van der Waals surface area (Å²) in [5.41, 5.74) is 3.12. The highest BCUT2D eigenvalue weighted by atomic mass is 79.9. The molecule has 1 aromatic heterocycles. The van der Waals surface area contributed by atoms with Crippen LogP contribution in [0.1, 0.15) is 11.5 Å². The molecule has 1 N–H and O–H groups in total. The van der Waals surface area contributed by atoms with Gasteiger partial charge in [-0.15, -0.1) is 0 Å². The first-order chi connectivity index (χ1) is 9.08. The van der Waals surface area contributed by atoms with Crippen molar-refractivity contribution >= 4 is 15.9 Å². The highest BCUT2D eigenvalue weighted by molar-refractivity contribution is 9.10. The number of imidazole rings is 1. The Morgan fingerprint density at radius 3 is 2.79 bits per heavy atom. The SMILES string of the molecule is CNCc1c(-c2cc(Br)ccc2OC)nc(C)n1C. The number of hydrogen-bond acceptors (Lipinski definition) is 3. The largest absolute Gasteiger partial charge is 0.496 e. The monoisotopic (exact) mass is 323 g/mol. The third kappa shape index (κ3) is 2.67. The Balaban J connectivity index is 2.64. The van der Waals surface area contributed by atoms with E-state index in [4.69, 9.17) is 4.74 Å². The molecule has 0 aliphatic heterocycles. The van der Waals surface area contributed by atoms with Crippen LogP contribution >= 0.6 is 15.9 Å². The first-order valence-corrected chi connectivity index (χ1v) is 6.88. The van der Waals surface area contributed by atoms with Crippen LogP contribution in [-0.4, -0.2) is 23.7 Å². The van der Waals surface area contributed by atoms with Gasteiger partial charge in [0.2, 0.25) is 0 Å². The van der Waals surface area contributed by atoms with E-state index in [0.29, 0.717) is 0 Å². The highest BCUT2D eigenvalue weighted by Gasteiger charge is 2.17. The van der Waals surface area contributed by atoms with E-state index in [1.54, 1.807) is 7.11 Å². The lowest BCUT2D eigenvalue weighted by Gasteiger charge is -2.10. The maximum atomic E-state index is 5.45. The average molecular weight is 324 g/mol. The van der Waals surface area contributed by atoms with Crippen LogP contribution in [0.15, 0.2) is 22.7 Å². The summed E-state index contributed by atoms with van der Waals surface area (Å²) in [6.45, 7) is 2.77. The number of rotatable bonds is 4. The van der Waals surface area contributed by atoms with E-state index in [1.165, 1.54) is 0 Å². The maximum Gasteiger partial charge on any atom is 0.128 e. The van der Waals surface area contributed by atoms with Crippen molar-refractivity contribution in [2.24, 2.45) is 7.05 Å². The zero-order valence-electron chi connectivity index (χ0n) is 11.6. The summed E-state index contributed by atoms with van der Waals surface area (Å²) in [7, 11) is 5.65. The molecule has 0 bridgehead atoms. The van der Waals surface area contributed by atoms with Gasteiger partial charge in [0, 0.05) is 23.6 Å². The predicted molar refractivity (Wildman–Crippen MR) is 80.4 cm³/mol. The van der Waals surface area contributed by atoms with Crippen LogP contribution in [0.5, 0.6) is 5.75 Å². The lowest BCUT2D eigenvalue weighted by atomic mass is 10.1. The highest BCUT2D eigenvalue weighted by Crippen LogP contribution is 2.34. The van der Waals surface area contributed by atoms with E-state index in [0.717, 1.165) is 39.5 Å². The fourth-order valence-electron chi connectivity index (χ4n) is 2.11. The summed E-state index contributed by atoms with van der Waals surface area (Å²) in [5.74, 6) is 1.82. The van der Waals surface area contributed by atoms with Crippen molar-refractivity contribution in [3.8, 4) is 17.0 Å². The van der Waals surface area contributed by atoms with Crippen LogP contribution in [0.25, 0.3) is 11.3 Å². The molecule has 2 rings (SSSR count). The summed E-state index contributed by atoms with van der Waals surface area (Å²) in [4.78, 5) is 4.67. The minimum absolute atomic E-state index is 0.766. The summed E-state index contributed by atoms with van der Waals surface area (Å²) in [5, 5.41) is 3.19. The molecule has 0 aliphatic carbocycles. The minimum Gasteiger partial charge on any atom is -0.496 e. The van der Waals surface area contributed by atoms with Crippen molar-refractivity contribution in [3.05, 3.63) is 34.2 Å². The molecule has 0 saturated heterocycles. The number of aromatic nitrogens is 2. The number of halogens is 1. The molecule has 4 nitrogen and oxygen atoms in total. The van der Waals surface area contributed by atoms with Crippen LogP contribution in [0.3, 0.4) is 0 Å². The minimum atomic E-state index is 0.766. The Labute approximate surface area is 121 Å².